The summed E-state index contributed by atoms with van der Waals surface area (Å²) in [6, 6.07) is 0. The van der Waals surface area contributed by atoms with Crippen molar-refractivity contribution in [2.75, 3.05) is 5.32 Å². The molecule has 2 aromatic rings. The number of hydrogen-bond donors (Lipinski definition) is 2. The average Bonchev–Trinajstić information content (AvgIpc) is 2.83. The molecule has 0 aromatic carbocycles. The summed E-state index contributed by atoms with van der Waals surface area (Å²) in [5.41, 5.74) is 1.40. The summed E-state index contributed by atoms with van der Waals surface area (Å²) < 4.78 is 0. The summed E-state index contributed by atoms with van der Waals surface area (Å²) in [4.78, 5) is 33.6. The summed E-state index contributed by atoms with van der Waals surface area (Å²) in [5.74, 6) is -1.88. The number of hydrogen-bond acceptors (Lipinski definition) is 6. The molecule has 0 aliphatic heterocycles. The molecule has 0 unspecified atom stereocenters. The normalized spacial score (nSPS) is 9.88. The minimum absolute atomic E-state index is 0.0991. The van der Waals surface area contributed by atoms with Crippen LogP contribution in [0, 0.1) is 0 Å². The van der Waals surface area contributed by atoms with E-state index in [4.69, 9.17) is 5.11 Å². The van der Waals surface area contributed by atoms with Crippen LogP contribution in [0.5, 0.6) is 0 Å². The Morgan fingerprint density at radius 2 is 2.00 bits per heavy atom. The number of aromatic carboxylic acids is 1. The molecular weight excluding hydrogens is 244 g/mol. The van der Waals surface area contributed by atoms with Gasteiger partial charge in [-0.1, -0.05) is 0 Å². The van der Waals surface area contributed by atoms with E-state index in [0.717, 1.165) is 0 Å². The molecule has 0 aliphatic rings. The van der Waals surface area contributed by atoms with E-state index in [0.29, 0.717) is 0 Å². The fraction of sp³-hybridized carbons (Fsp3) is 0. The van der Waals surface area contributed by atoms with Gasteiger partial charge in [-0.2, -0.15) is 0 Å². The number of carbonyl (C=O) groups is 2. The number of thiazole rings is 1. The largest absolute Gasteiger partial charge is 0.476 e. The van der Waals surface area contributed by atoms with Gasteiger partial charge < -0.3 is 10.4 Å². The van der Waals surface area contributed by atoms with Crippen LogP contribution in [0.1, 0.15) is 21.0 Å². The maximum atomic E-state index is 11.6. The molecule has 7 nitrogen and oxygen atoms in total. The lowest BCUT2D eigenvalue weighted by Crippen LogP contribution is -2.17. The minimum atomic E-state index is -1.26. The van der Waals surface area contributed by atoms with Crippen molar-refractivity contribution in [3.8, 4) is 0 Å². The predicted octanol–water partition coefficient (Wildman–Crippen LogP) is 0.884. The van der Waals surface area contributed by atoms with E-state index in [-0.39, 0.29) is 17.2 Å². The Kier molecular flexibility index (Phi) is 3.06. The lowest BCUT2D eigenvalue weighted by atomic mass is 10.4. The van der Waals surface area contributed by atoms with Gasteiger partial charge in [-0.05, 0) is 0 Å². The van der Waals surface area contributed by atoms with Crippen LogP contribution in [-0.2, 0) is 0 Å². The zero-order valence-corrected chi connectivity index (χ0v) is 9.14. The number of carboxylic acid groups (broad SMARTS) is 1. The molecule has 2 aromatic heterocycles. The highest BCUT2D eigenvalue weighted by atomic mass is 32.1. The molecule has 0 saturated heterocycles. The Morgan fingerprint density at radius 3 is 2.65 bits per heavy atom. The Morgan fingerprint density at radius 1 is 1.24 bits per heavy atom. The molecule has 2 heterocycles. The Bertz CT molecular complexity index is 555. The third kappa shape index (κ3) is 2.42. The first kappa shape index (κ1) is 11.1. The zero-order chi connectivity index (χ0) is 12.3. The van der Waals surface area contributed by atoms with Crippen molar-refractivity contribution in [2.45, 2.75) is 0 Å². The number of anilines is 1. The molecule has 17 heavy (non-hydrogen) atoms. The van der Waals surface area contributed by atoms with E-state index in [1.807, 2.05) is 0 Å². The minimum Gasteiger partial charge on any atom is -0.476 e. The Balaban J connectivity index is 2.25. The SMILES string of the molecule is O=C(Nc1nccnc1C(=O)O)c1cscn1. The van der Waals surface area contributed by atoms with Crippen LogP contribution < -0.4 is 5.32 Å². The number of nitrogens with zero attached hydrogens (tertiary/aromatic N) is 3. The van der Waals surface area contributed by atoms with Crippen molar-refractivity contribution >= 4 is 29.0 Å². The molecule has 86 valence electrons. The third-order valence-corrected chi connectivity index (χ3v) is 2.38. The van der Waals surface area contributed by atoms with Crippen LogP contribution in [0.15, 0.2) is 23.3 Å². The topological polar surface area (TPSA) is 105 Å². The van der Waals surface area contributed by atoms with E-state index in [2.05, 4.69) is 20.3 Å². The van der Waals surface area contributed by atoms with Crippen LogP contribution in [0.4, 0.5) is 5.82 Å². The Hall–Kier alpha value is -2.35. The van der Waals surface area contributed by atoms with Crippen molar-refractivity contribution in [3.63, 3.8) is 0 Å². The molecule has 2 rings (SSSR count). The average molecular weight is 250 g/mol. The van der Waals surface area contributed by atoms with Gasteiger partial charge in [0.15, 0.2) is 11.5 Å². The molecular formula is C9H6N4O3S. The molecule has 0 atom stereocenters. The van der Waals surface area contributed by atoms with Gasteiger partial charge in [0.05, 0.1) is 5.51 Å². The zero-order valence-electron chi connectivity index (χ0n) is 8.32. The third-order valence-electron chi connectivity index (χ3n) is 1.80. The number of rotatable bonds is 3. The van der Waals surface area contributed by atoms with Crippen molar-refractivity contribution in [2.24, 2.45) is 0 Å². The second-order valence-corrected chi connectivity index (χ2v) is 3.61. The lowest BCUT2D eigenvalue weighted by molar-refractivity contribution is 0.0691. The summed E-state index contributed by atoms with van der Waals surface area (Å²) in [7, 11) is 0. The molecule has 1 amide bonds. The Labute approximate surface area is 99.2 Å². The van der Waals surface area contributed by atoms with Crippen LogP contribution in [0.2, 0.25) is 0 Å². The number of amides is 1. The highest BCUT2D eigenvalue weighted by molar-refractivity contribution is 7.07. The second-order valence-electron chi connectivity index (χ2n) is 2.89. The highest BCUT2D eigenvalue weighted by Gasteiger charge is 2.16. The van der Waals surface area contributed by atoms with Gasteiger partial charge in [-0.15, -0.1) is 11.3 Å². The summed E-state index contributed by atoms with van der Waals surface area (Å²) in [5, 5.41) is 12.7. The first-order valence-corrected chi connectivity index (χ1v) is 5.36. The number of carboxylic acids is 1. The number of carbonyl (C=O) groups excluding carboxylic acids is 1. The smallest absolute Gasteiger partial charge is 0.358 e. The van der Waals surface area contributed by atoms with E-state index in [1.54, 1.807) is 5.38 Å². The molecule has 0 saturated carbocycles. The van der Waals surface area contributed by atoms with E-state index in [1.165, 1.54) is 29.2 Å². The molecule has 0 aliphatic carbocycles. The number of aromatic nitrogens is 3. The fourth-order valence-electron chi connectivity index (χ4n) is 1.08. The second kappa shape index (κ2) is 4.66. The van der Waals surface area contributed by atoms with Crippen LogP contribution in [0.25, 0.3) is 0 Å². The quantitative estimate of drug-likeness (QED) is 0.837. The standard InChI is InChI=1S/C9H6N4O3S/c14-8(5-3-17-4-12-5)13-7-6(9(15)16)10-1-2-11-7/h1-4H,(H,15,16)(H,11,13,14). The molecule has 0 spiro atoms. The monoisotopic (exact) mass is 250 g/mol. The van der Waals surface area contributed by atoms with Gasteiger partial charge >= 0.3 is 5.97 Å². The van der Waals surface area contributed by atoms with Gasteiger partial charge in [-0.25, -0.2) is 19.7 Å². The summed E-state index contributed by atoms with van der Waals surface area (Å²) >= 11 is 1.26. The first-order valence-electron chi connectivity index (χ1n) is 4.42. The summed E-state index contributed by atoms with van der Waals surface area (Å²) in [6.45, 7) is 0. The van der Waals surface area contributed by atoms with Gasteiger partial charge in [0.25, 0.3) is 5.91 Å². The van der Waals surface area contributed by atoms with E-state index >= 15 is 0 Å². The van der Waals surface area contributed by atoms with E-state index < -0.39 is 11.9 Å². The van der Waals surface area contributed by atoms with Crippen molar-refractivity contribution in [1.82, 2.24) is 15.0 Å². The van der Waals surface area contributed by atoms with Crippen molar-refractivity contribution < 1.29 is 14.7 Å². The number of nitrogens with one attached hydrogen (secondary N) is 1. The molecule has 0 radical (unpaired) electrons. The first-order chi connectivity index (χ1) is 8.18. The molecule has 0 bridgehead atoms. The maximum Gasteiger partial charge on any atom is 0.358 e. The fourth-order valence-corrected chi connectivity index (χ4v) is 1.61. The molecule has 0 fully saturated rings. The van der Waals surface area contributed by atoms with Gasteiger partial charge in [-0.3, -0.25) is 4.79 Å². The lowest BCUT2D eigenvalue weighted by Gasteiger charge is -2.04. The molecule has 2 N–H and O–H groups in total. The van der Waals surface area contributed by atoms with E-state index in [9.17, 15) is 9.59 Å². The van der Waals surface area contributed by atoms with Crippen molar-refractivity contribution in [1.29, 1.82) is 0 Å². The van der Waals surface area contributed by atoms with Crippen molar-refractivity contribution in [3.05, 3.63) is 34.7 Å². The van der Waals surface area contributed by atoms with Crippen LogP contribution >= 0.6 is 11.3 Å². The van der Waals surface area contributed by atoms with Crippen LogP contribution in [-0.4, -0.2) is 31.9 Å². The summed E-state index contributed by atoms with van der Waals surface area (Å²) in [6.07, 6.45) is 2.53. The highest BCUT2D eigenvalue weighted by Crippen LogP contribution is 2.10. The van der Waals surface area contributed by atoms with Crippen LogP contribution in [0.3, 0.4) is 0 Å². The predicted molar refractivity (Wildman–Crippen MR) is 59.1 cm³/mol. The van der Waals surface area contributed by atoms with Gasteiger partial charge in [0.1, 0.15) is 5.69 Å². The maximum absolute atomic E-state index is 11.6. The molecule has 8 heteroatoms. The van der Waals surface area contributed by atoms with Gasteiger partial charge in [0.2, 0.25) is 0 Å². The van der Waals surface area contributed by atoms with Gasteiger partial charge in [0, 0.05) is 17.8 Å².